The molecule has 2 saturated carbocycles. The second-order valence-electron chi connectivity index (χ2n) is 8.44. The molecule has 6 nitrogen and oxygen atoms in total. The van der Waals surface area contributed by atoms with Crippen LogP contribution in [0.25, 0.3) is 0 Å². The lowest BCUT2D eigenvalue weighted by Crippen LogP contribution is -2.40. The Morgan fingerprint density at radius 3 is 2.27 bits per heavy atom. The Hall–Kier alpha value is -2.18. The molecule has 0 radical (unpaired) electrons. The van der Waals surface area contributed by atoms with Crippen molar-refractivity contribution in [1.29, 1.82) is 0 Å². The number of carbonyl (C=O) groups excluding carboxylic acids is 4. The van der Waals surface area contributed by atoms with Gasteiger partial charge in [-0.3, -0.25) is 24.1 Å². The molecule has 2 bridgehead atoms. The molecule has 1 aromatic rings. The molecule has 0 spiro atoms. The third-order valence-electron chi connectivity index (χ3n) is 6.89. The minimum Gasteiger partial charge on any atom is -0.457 e. The maximum Gasteiger partial charge on any atom is 0.308 e. The van der Waals surface area contributed by atoms with Crippen molar-refractivity contribution >= 4 is 46.8 Å². The van der Waals surface area contributed by atoms with Gasteiger partial charge in [0, 0.05) is 17.1 Å². The summed E-state index contributed by atoms with van der Waals surface area (Å²) in [5.74, 6) is -0.624. The first-order valence-electron chi connectivity index (χ1n) is 10.0. The summed E-state index contributed by atoms with van der Waals surface area (Å²) < 4.78 is 5.03. The van der Waals surface area contributed by atoms with Gasteiger partial charge in [-0.1, -0.05) is 35.4 Å². The molecule has 30 heavy (non-hydrogen) atoms. The van der Waals surface area contributed by atoms with E-state index < -0.39 is 18.4 Å². The fourth-order valence-electron chi connectivity index (χ4n) is 5.45. The number of imide groups is 1. The van der Waals surface area contributed by atoms with Crippen LogP contribution in [0.4, 0.5) is 0 Å². The fraction of sp³-hybridized carbons (Fsp3) is 0.455. The number of benzene rings is 1. The van der Waals surface area contributed by atoms with Crippen molar-refractivity contribution in [2.45, 2.75) is 12.8 Å². The lowest BCUT2D eigenvalue weighted by molar-refractivity contribution is -0.145. The molecular formula is C22H19Cl2NO5. The first-order valence-corrected chi connectivity index (χ1v) is 10.8. The van der Waals surface area contributed by atoms with Crippen molar-refractivity contribution in [2.75, 3.05) is 13.2 Å². The molecule has 5 aliphatic rings. The lowest BCUT2D eigenvalue weighted by atomic mass is 9.63. The number of amides is 2. The van der Waals surface area contributed by atoms with E-state index in [1.807, 2.05) is 0 Å². The van der Waals surface area contributed by atoms with Crippen molar-refractivity contribution in [3.05, 3.63) is 46.0 Å². The number of halogens is 2. The summed E-state index contributed by atoms with van der Waals surface area (Å²) in [5, 5.41) is 0.579. The summed E-state index contributed by atoms with van der Waals surface area (Å²) in [4.78, 5) is 51.3. The first kappa shape index (κ1) is 19.8. The SMILES string of the molecule is O=C(CCN1C(=O)[C@@H]2[C@H]3C=C[C@@H]([C@@H]4C[C@@H]34)[C@@H]2C1=O)OCC(=O)c1ccc(Cl)cc1Cl. The molecule has 6 atom stereocenters. The number of rotatable bonds is 6. The van der Waals surface area contributed by atoms with Gasteiger partial charge >= 0.3 is 5.97 Å². The number of esters is 1. The molecule has 0 aromatic heterocycles. The van der Waals surface area contributed by atoms with E-state index in [0.717, 1.165) is 6.42 Å². The van der Waals surface area contributed by atoms with Crippen LogP contribution < -0.4 is 0 Å². The molecular weight excluding hydrogens is 429 g/mol. The Balaban J connectivity index is 1.16. The quantitative estimate of drug-likeness (QED) is 0.289. The van der Waals surface area contributed by atoms with Gasteiger partial charge in [-0.25, -0.2) is 0 Å². The van der Waals surface area contributed by atoms with E-state index in [0.29, 0.717) is 16.9 Å². The number of likely N-dealkylation sites (tertiary alicyclic amines) is 1. The fourth-order valence-corrected chi connectivity index (χ4v) is 5.97. The summed E-state index contributed by atoms with van der Waals surface area (Å²) in [7, 11) is 0. The number of Topliss-reactive ketones (excluding diaryl/α,β-unsaturated/α-hetero) is 1. The zero-order valence-corrected chi connectivity index (χ0v) is 17.4. The maximum atomic E-state index is 12.9. The Bertz CT molecular complexity index is 969. The van der Waals surface area contributed by atoms with Gasteiger partial charge in [0.15, 0.2) is 6.61 Å². The van der Waals surface area contributed by atoms with Crippen LogP contribution in [0.5, 0.6) is 0 Å². The predicted octanol–water partition coefficient (Wildman–Crippen LogP) is 3.16. The van der Waals surface area contributed by atoms with E-state index in [1.165, 1.54) is 23.1 Å². The highest BCUT2D eigenvalue weighted by Crippen LogP contribution is 2.65. The predicted molar refractivity (Wildman–Crippen MR) is 108 cm³/mol. The van der Waals surface area contributed by atoms with Gasteiger partial charge in [0.2, 0.25) is 17.6 Å². The van der Waals surface area contributed by atoms with Gasteiger partial charge in [0.1, 0.15) is 0 Å². The third kappa shape index (κ3) is 3.08. The molecule has 0 unspecified atom stereocenters. The van der Waals surface area contributed by atoms with E-state index in [9.17, 15) is 19.2 Å². The summed E-state index contributed by atoms with van der Waals surface area (Å²) in [6.45, 7) is -0.487. The molecule has 0 N–H and O–H groups in total. The Morgan fingerprint density at radius 1 is 1.03 bits per heavy atom. The molecule has 4 aliphatic carbocycles. The first-order chi connectivity index (χ1) is 14.4. The smallest absolute Gasteiger partial charge is 0.308 e. The minimum atomic E-state index is -0.646. The molecule has 8 heteroatoms. The van der Waals surface area contributed by atoms with Gasteiger partial charge in [-0.2, -0.15) is 0 Å². The van der Waals surface area contributed by atoms with Crippen molar-refractivity contribution in [1.82, 2.24) is 4.90 Å². The van der Waals surface area contributed by atoms with Gasteiger partial charge in [0.05, 0.1) is 23.3 Å². The Morgan fingerprint density at radius 2 is 1.67 bits per heavy atom. The number of ketones is 1. The highest BCUT2D eigenvalue weighted by Gasteiger charge is 2.66. The largest absolute Gasteiger partial charge is 0.457 e. The van der Waals surface area contributed by atoms with Crippen LogP contribution in [0.3, 0.4) is 0 Å². The van der Waals surface area contributed by atoms with Gasteiger partial charge in [-0.15, -0.1) is 0 Å². The molecule has 2 amide bonds. The standard InChI is InChI=1S/C22H19Cl2NO5/c23-10-1-2-13(16(24)7-10)17(26)9-30-18(27)5-6-25-21(28)19-11-3-4-12(15-8-14(11)15)20(19)22(25)29/h1-4,7,11-12,14-15,19-20H,5-6,8-9H2/t11-,12-,14-,15-,19-,20+/m0/s1. The van der Waals surface area contributed by atoms with Crippen molar-refractivity contribution in [3.63, 3.8) is 0 Å². The molecule has 3 fully saturated rings. The van der Waals surface area contributed by atoms with Crippen LogP contribution in [0, 0.1) is 35.5 Å². The summed E-state index contributed by atoms with van der Waals surface area (Å²) in [6.07, 6.45) is 5.18. The zero-order chi connectivity index (χ0) is 21.2. The average molecular weight is 448 g/mol. The topological polar surface area (TPSA) is 80.8 Å². The van der Waals surface area contributed by atoms with Gasteiger partial charge in [0.25, 0.3) is 0 Å². The Kier molecular flexibility index (Phi) is 4.75. The van der Waals surface area contributed by atoms with E-state index in [2.05, 4.69) is 12.2 Å². The second-order valence-corrected chi connectivity index (χ2v) is 9.28. The molecule has 1 aliphatic heterocycles. The highest BCUT2D eigenvalue weighted by atomic mass is 35.5. The van der Waals surface area contributed by atoms with Crippen molar-refractivity contribution in [2.24, 2.45) is 35.5 Å². The van der Waals surface area contributed by atoms with Crippen LogP contribution in [-0.4, -0.2) is 41.6 Å². The summed E-state index contributed by atoms with van der Waals surface area (Å²) >= 11 is 11.8. The number of carbonyl (C=O) groups is 4. The zero-order valence-electron chi connectivity index (χ0n) is 15.9. The van der Waals surface area contributed by atoms with E-state index >= 15 is 0 Å². The maximum absolute atomic E-state index is 12.9. The van der Waals surface area contributed by atoms with E-state index in [1.54, 1.807) is 0 Å². The van der Waals surface area contributed by atoms with E-state index in [-0.39, 0.29) is 59.0 Å². The van der Waals surface area contributed by atoms with Crippen LogP contribution in [0.15, 0.2) is 30.4 Å². The lowest BCUT2D eigenvalue weighted by Gasteiger charge is -2.37. The number of nitrogens with zero attached hydrogens (tertiary/aromatic N) is 1. The molecule has 1 heterocycles. The highest BCUT2D eigenvalue weighted by molar-refractivity contribution is 6.36. The summed E-state index contributed by atoms with van der Waals surface area (Å²) in [6, 6.07) is 4.43. The molecule has 1 saturated heterocycles. The average Bonchev–Trinajstić information content (AvgIpc) is 3.49. The molecule has 6 rings (SSSR count). The number of allylic oxidation sites excluding steroid dienone is 2. The molecule has 156 valence electrons. The van der Waals surface area contributed by atoms with Crippen molar-refractivity contribution in [3.8, 4) is 0 Å². The Labute approximate surface area is 183 Å². The normalized spacial score (nSPS) is 32.8. The van der Waals surface area contributed by atoms with Crippen molar-refractivity contribution < 1.29 is 23.9 Å². The second kappa shape index (κ2) is 7.20. The number of hydrogen-bond acceptors (Lipinski definition) is 5. The monoisotopic (exact) mass is 447 g/mol. The van der Waals surface area contributed by atoms with Crippen LogP contribution in [0.2, 0.25) is 10.0 Å². The number of ether oxygens (including phenoxy) is 1. The minimum absolute atomic E-state index is 0.0197. The molecule has 1 aromatic carbocycles. The third-order valence-corrected chi connectivity index (χ3v) is 7.44. The van der Waals surface area contributed by atoms with Crippen LogP contribution >= 0.6 is 23.2 Å². The van der Waals surface area contributed by atoms with Crippen LogP contribution in [0.1, 0.15) is 23.2 Å². The van der Waals surface area contributed by atoms with Gasteiger partial charge in [-0.05, 0) is 48.3 Å². The van der Waals surface area contributed by atoms with E-state index in [4.69, 9.17) is 27.9 Å². The van der Waals surface area contributed by atoms with Crippen LogP contribution in [-0.2, 0) is 19.1 Å². The van der Waals surface area contributed by atoms with Gasteiger partial charge < -0.3 is 4.74 Å². The number of hydrogen-bond donors (Lipinski definition) is 0. The summed E-state index contributed by atoms with van der Waals surface area (Å²) in [5.41, 5.74) is 0.212.